The van der Waals surface area contributed by atoms with Gasteiger partial charge in [0.15, 0.2) is 5.13 Å². The maximum absolute atomic E-state index is 12.1. The first-order valence-electron chi connectivity index (χ1n) is 7.52. The van der Waals surface area contributed by atoms with Gasteiger partial charge in [-0.2, -0.15) is 0 Å². The molecule has 0 spiro atoms. The Morgan fingerprint density at radius 1 is 1.48 bits per heavy atom. The Bertz CT molecular complexity index is 480. The normalized spacial score (nSPS) is 16.5. The van der Waals surface area contributed by atoms with Gasteiger partial charge in [0.05, 0.1) is 0 Å². The summed E-state index contributed by atoms with van der Waals surface area (Å²) in [6, 6.07) is 0.275. The van der Waals surface area contributed by atoms with Crippen molar-refractivity contribution in [3.05, 3.63) is 4.88 Å². The Balaban J connectivity index is 1.96. The van der Waals surface area contributed by atoms with Crippen molar-refractivity contribution in [2.75, 3.05) is 30.3 Å². The second-order valence-corrected chi connectivity index (χ2v) is 6.95. The van der Waals surface area contributed by atoms with Crippen molar-refractivity contribution in [2.24, 2.45) is 11.7 Å². The van der Waals surface area contributed by atoms with Crippen LogP contribution in [0.1, 0.15) is 42.8 Å². The Kier molecular flexibility index (Phi) is 5.41. The molecule has 1 aromatic heterocycles. The molecule has 0 bridgehead atoms. The van der Waals surface area contributed by atoms with Crippen LogP contribution in [-0.4, -0.2) is 36.6 Å². The number of nitrogens with two attached hydrogens (primary N) is 2. The molecule has 1 aliphatic heterocycles. The summed E-state index contributed by atoms with van der Waals surface area (Å²) in [5, 5.41) is 3.73. The number of nitrogen functional groups attached to an aromatic ring is 1. The summed E-state index contributed by atoms with van der Waals surface area (Å²) in [7, 11) is 0. The highest BCUT2D eigenvalue weighted by atomic mass is 32.1. The van der Waals surface area contributed by atoms with Gasteiger partial charge in [0, 0.05) is 25.7 Å². The van der Waals surface area contributed by atoms with Crippen LogP contribution < -0.4 is 21.7 Å². The van der Waals surface area contributed by atoms with Crippen LogP contribution in [0.5, 0.6) is 0 Å². The van der Waals surface area contributed by atoms with E-state index in [1.807, 2.05) is 0 Å². The number of aromatic nitrogens is 1. The molecule has 0 unspecified atom stereocenters. The second-order valence-electron chi connectivity index (χ2n) is 5.97. The van der Waals surface area contributed by atoms with E-state index in [1.54, 1.807) is 0 Å². The Labute approximate surface area is 129 Å². The number of hydrogen-bond donors (Lipinski definition) is 3. The summed E-state index contributed by atoms with van der Waals surface area (Å²) < 4.78 is 0. The summed E-state index contributed by atoms with van der Waals surface area (Å²) >= 11 is 1.37. The highest BCUT2D eigenvalue weighted by Gasteiger charge is 2.22. The van der Waals surface area contributed by atoms with Gasteiger partial charge in [-0.3, -0.25) is 4.79 Å². The first kappa shape index (κ1) is 16.0. The SMILES string of the molecule is CC(C)CCNC(=O)c1sc(N2CCC(N)CC2)nc1N. The minimum Gasteiger partial charge on any atom is -0.382 e. The van der Waals surface area contributed by atoms with Crippen molar-refractivity contribution in [3.8, 4) is 0 Å². The number of hydrogen-bond acceptors (Lipinski definition) is 6. The van der Waals surface area contributed by atoms with E-state index in [4.69, 9.17) is 11.5 Å². The van der Waals surface area contributed by atoms with Crippen LogP contribution in [0.15, 0.2) is 0 Å². The van der Waals surface area contributed by atoms with E-state index in [1.165, 1.54) is 11.3 Å². The lowest BCUT2D eigenvalue weighted by Crippen LogP contribution is -2.39. The van der Waals surface area contributed by atoms with Gasteiger partial charge < -0.3 is 21.7 Å². The molecule has 0 aliphatic carbocycles. The van der Waals surface area contributed by atoms with Crippen molar-refractivity contribution in [3.63, 3.8) is 0 Å². The summed E-state index contributed by atoms with van der Waals surface area (Å²) in [6.07, 6.45) is 2.87. The fraction of sp³-hybridized carbons (Fsp3) is 0.714. The first-order valence-corrected chi connectivity index (χ1v) is 8.34. The van der Waals surface area contributed by atoms with Crippen molar-refractivity contribution in [1.82, 2.24) is 10.3 Å². The fourth-order valence-electron chi connectivity index (χ4n) is 2.26. The second kappa shape index (κ2) is 7.09. The predicted octanol–water partition coefficient (Wildman–Crippen LogP) is 1.43. The Morgan fingerprint density at radius 3 is 2.76 bits per heavy atom. The monoisotopic (exact) mass is 311 g/mol. The van der Waals surface area contributed by atoms with Gasteiger partial charge in [0.1, 0.15) is 10.7 Å². The van der Waals surface area contributed by atoms with Crippen LogP contribution in [0, 0.1) is 5.92 Å². The van der Waals surface area contributed by atoms with Crippen LogP contribution in [0.2, 0.25) is 0 Å². The summed E-state index contributed by atoms with van der Waals surface area (Å²) in [6.45, 7) is 6.69. The van der Waals surface area contributed by atoms with Crippen LogP contribution in [0.25, 0.3) is 0 Å². The Hall–Kier alpha value is -1.34. The minimum absolute atomic E-state index is 0.120. The first-order chi connectivity index (χ1) is 9.97. The maximum Gasteiger partial charge on any atom is 0.265 e. The van der Waals surface area contributed by atoms with Gasteiger partial charge in [-0.05, 0) is 25.2 Å². The molecule has 1 fully saturated rings. The van der Waals surface area contributed by atoms with Crippen LogP contribution >= 0.6 is 11.3 Å². The van der Waals surface area contributed by atoms with E-state index in [2.05, 4.69) is 29.0 Å². The molecular weight excluding hydrogens is 286 g/mol. The molecule has 7 heteroatoms. The van der Waals surface area contributed by atoms with E-state index in [0.717, 1.165) is 37.5 Å². The lowest BCUT2D eigenvalue weighted by molar-refractivity contribution is 0.0956. The average Bonchev–Trinajstić information content (AvgIpc) is 2.81. The molecule has 1 aliphatic rings. The topological polar surface area (TPSA) is 97.3 Å². The number of carbonyl (C=O) groups excluding carboxylic acids is 1. The molecule has 1 saturated heterocycles. The summed E-state index contributed by atoms with van der Waals surface area (Å²) in [4.78, 5) is 19.2. The van der Waals surface area contributed by atoms with Crippen molar-refractivity contribution in [1.29, 1.82) is 0 Å². The zero-order valence-corrected chi connectivity index (χ0v) is 13.6. The third-order valence-corrected chi connectivity index (χ3v) is 4.80. The molecule has 0 radical (unpaired) electrons. The summed E-state index contributed by atoms with van der Waals surface area (Å²) in [5.74, 6) is 0.773. The molecule has 21 heavy (non-hydrogen) atoms. The van der Waals surface area contributed by atoms with E-state index in [9.17, 15) is 4.79 Å². The van der Waals surface area contributed by atoms with Gasteiger partial charge in [-0.1, -0.05) is 25.2 Å². The molecule has 1 aromatic rings. The van der Waals surface area contributed by atoms with E-state index < -0.39 is 0 Å². The third kappa shape index (κ3) is 4.31. The lowest BCUT2D eigenvalue weighted by Gasteiger charge is -2.29. The standard InChI is InChI=1S/C14H25N5OS/c1-9(2)3-6-17-13(20)11-12(16)18-14(21-11)19-7-4-10(15)5-8-19/h9-10H,3-8,15-16H2,1-2H3,(H,17,20). The zero-order chi connectivity index (χ0) is 15.4. The molecule has 5 N–H and O–H groups in total. The van der Waals surface area contributed by atoms with Crippen LogP contribution in [-0.2, 0) is 0 Å². The molecular formula is C14H25N5OS. The molecule has 2 rings (SSSR count). The maximum atomic E-state index is 12.1. The van der Waals surface area contributed by atoms with E-state index >= 15 is 0 Å². The lowest BCUT2D eigenvalue weighted by atomic mass is 10.1. The van der Waals surface area contributed by atoms with E-state index in [-0.39, 0.29) is 11.9 Å². The number of anilines is 2. The largest absolute Gasteiger partial charge is 0.382 e. The van der Waals surface area contributed by atoms with Crippen LogP contribution in [0.4, 0.5) is 10.9 Å². The molecule has 118 valence electrons. The number of carbonyl (C=O) groups is 1. The molecule has 0 atom stereocenters. The number of thiazole rings is 1. The summed E-state index contributed by atoms with van der Waals surface area (Å²) in [5.41, 5.74) is 11.8. The van der Waals surface area contributed by atoms with Gasteiger partial charge in [-0.25, -0.2) is 4.98 Å². The Morgan fingerprint density at radius 2 is 2.14 bits per heavy atom. The number of rotatable bonds is 5. The molecule has 1 amide bonds. The van der Waals surface area contributed by atoms with Crippen molar-refractivity contribution in [2.45, 2.75) is 39.2 Å². The molecule has 0 saturated carbocycles. The average molecular weight is 311 g/mol. The quantitative estimate of drug-likeness (QED) is 0.764. The molecule has 0 aromatic carbocycles. The van der Waals surface area contributed by atoms with E-state index in [0.29, 0.717) is 23.2 Å². The number of piperidine rings is 1. The van der Waals surface area contributed by atoms with Gasteiger partial charge >= 0.3 is 0 Å². The van der Waals surface area contributed by atoms with Gasteiger partial charge in [-0.15, -0.1) is 0 Å². The van der Waals surface area contributed by atoms with Gasteiger partial charge in [0.2, 0.25) is 0 Å². The van der Waals surface area contributed by atoms with Gasteiger partial charge in [0.25, 0.3) is 5.91 Å². The highest BCUT2D eigenvalue weighted by Crippen LogP contribution is 2.29. The fourth-order valence-corrected chi connectivity index (χ4v) is 3.22. The highest BCUT2D eigenvalue weighted by molar-refractivity contribution is 7.18. The number of nitrogens with one attached hydrogen (secondary N) is 1. The van der Waals surface area contributed by atoms with Crippen LogP contribution in [0.3, 0.4) is 0 Å². The number of nitrogens with zero attached hydrogens (tertiary/aromatic N) is 2. The minimum atomic E-state index is -0.120. The van der Waals surface area contributed by atoms with Crippen molar-refractivity contribution < 1.29 is 4.79 Å². The predicted molar refractivity (Wildman–Crippen MR) is 87.7 cm³/mol. The zero-order valence-electron chi connectivity index (χ0n) is 12.8. The van der Waals surface area contributed by atoms with Crippen molar-refractivity contribution >= 4 is 28.2 Å². The smallest absolute Gasteiger partial charge is 0.265 e. The number of amides is 1. The molecule has 6 nitrogen and oxygen atoms in total. The molecule has 2 heterocycles. The third-order valence-electron chi connectivity index (χ3n) is 3.67.